The largest absolute Gasteiger partial charge is 0.479 e. The molecule has 1 amide bonds. The van der Waals surface area contributed by atoms with Crippen LogP contribution in [0.15, 0.2) is 24.3 Å². The van der Waals surface area contributed by atoms with Crippen LogP contribution in [0.4, 0.5) is 0 Å². The summed E-state index contributed by atoms with van der Waals surface area (Å²) in [7, 11) is 0. The van der Waals surface area contributed by atoms with Gasteiger partial charge in [-0.25, -0.2) is 4.79 Å². The Hall–Kier alpha value is -2.39. The maximum atomic E-state index is 12.1. The summed E-state index contributed by atoms with van der Waals surface area (Å²) in [5, 5.41) is 18.4. The van der Waals surface area contributed by atoms with E-state index >= 15 is 0 Å². The number of rotatable bonds is 3. The van der Waals surface area contributed by atoms with E-state index in [1.165, 1.54) is 0 Å². The molecule has 1 aromatic carbocycles. The van der Waals surface area contributed by atoms with Crippen LogP contribution in [0.5, 0.6) is 0 Å². The lowest BCUT2D eigenvalue weighted by atomic mass is 9.96. The van der Waals surface area contributed by atoms with Crippen molar-refractivity contribution in [2.24, 2.45) is 0 Å². The molecule has 0 bridgehead atoms. The first-order valence-corrected chi connectivity index (χ1v) is 6.77. The molecule has 0 radical (unpaired) electrons. The summed E-state index contributed by atoms with van der Waals surface area (Å²) in [6, 6.07) is 8.13. The van der Waals surface area contributed by atoms with E-state index in [4.69, 9.17) is 10.00 Å². The van der Waals surface area contributed by atoms with Gasteiger partial charge in [-0.05, 0) is 30.5 Å². The summed E-state index contributed by atoms with van der Waals surface area (Å²) < 4.78 is 5.23. The minimum Gasteiger partial charge on any atom is -0.479 e. The number of morpholine rings is 1. The summed E-state index contributed by atoms with van der Waals surface area (Å²) in [6.07, 6.45) is 0.663. The number of carboxylic acid groups (broad SMARTS) is 1. The lowest BCUT2D eigenvalue weighted by Gasteiger charge is -2.39. The molecule has 6 heteroatoms. The summed E-state index contributed by atoms with van der Waals surface area (Å²) in [5.74, 6) is -1.29. The van der Waals surface area contributed by atoms with E-state index < -0.39 is 18.1 Å². The molecule has 0 aromatic heterocycles. The van der Waals surface area contributed by atoms with E-state index in [0.29, 0.717) is 11.1 Å². The van der Waals surface area contributed by atoms with Crippen LogP contribution in [0, 0.1) is 11.3 Å². The Morgan fingerprint density at radius 3 is 2.81 bits per heavy atom. The fraction of sp³-hybridized carbons (Fsp3) is 0.400. The lowest BCUT2D eigenvalue weighted by molar-refractivity contribution is -0.174. The fourth-order valence-electron chi connectivity index (χ4n) is 2.75. The number of carbonyl (C=O) groups excluding carboxylic acids is 1. The topological polar surface area (TPSA) is 90.6 Å². The number of benzene rings is 1. The zero-order valence-electron chi connectivity index (χ0n) is 11.2. The van der Waals surface area contributed by atoms with Gasteiger partial charge in [0.2, 0.25) is 5.91 Å². The van der Waals surface area contributed by atoms with Gasteiger partial charge in [-0.3, -0.25) is 4.79 Å². The maximum absolute atomic E-state index is 12.1. The average Bonchev–Trinajstić information content (AvgIpc) is 3.31. The van der Waals surface area contributed by atoms with Gasteiger partial charge < -0.3 is 14.7 Å². The smallest absolute Gasteiger partial charge is 0.335 e. The summed E-state index contributed by atoms with van der Waals surface area (Å²) >= 11 is 0. The molecule has 21 heavy (non-hydrogen) atoms. The third-order valence-corrected chi connectivity index (χ3v) is 3.80. The molecule has 1 N–H and O–H groups in total. The van der Waals surface area contributed by atoms with Crippen molar-refractivity contribution in [1.82, 2.24) is 4.90 Å². The molecule has 1 aliphatic heterocycles. The Bertz CT molecular complexity index is 633. The SMILES string of the molecule is N#Cc1cccc(C2C(C(=O)O)OCC(=O)N2C2CC2)c1. The summed E-state index contributed by atoms with van der Waals surface area (Å²) in [5.41, 5.74) is 1.06. The molecule has 1 saturated heterocycles. The second-order valence-electron chi connectivity index (χ2n) is 5.28. The van der Waals surface area contributed by atoms with Crippen LogP contribution in [-0.4, -0.2) is 40.6 Å². The number of amides is 1. The highest BCUT2D eigenvalue weighted by molar-refractivity contribution is 5.83. The standard InChI is InChI=1S/C15H14N2O4/c16-7-9-2-1-3-10(6-9)13-14(15(19)20)21-8-12(18)17(13)11-4-5-11/h1-3,6,11,13-14H,4-5,8H2,(H,19,20). The maximum Gasteiger partial charge on any atom is 0.335 e. The third kappa shape index (κ3) is 2.48. The van der Waals surface area contributed by atoms with Crippen LogP contribution >= 0.6 is 0 Å². The number of nitriles is 1. The van der Waals surface area contributed by atoms with Crippen LogP contribution in [0.25, 0.3) is 0 Å². The minimum absolute atomic E-state index is 0.0824. The van der Waals surface area contributed by atoms with Crippen molar-refractivity contribution in [2.75, 3.05) is 6.61 Å². The number of nitrogens with zero attached hydrogens (tertiary/aromatic N) is 2. The second kappa shape index (κ2) is 5.19. The Labute approximate surface area is 121 Å². The first-order valence-electron chi connectivity index (χ1n) is 6.77. The van der Waals surface area contributed by atoms with Crippen molar-refractivity contribution in [3.63, 3.8) is 0 Å². The molecule has 2 aliphatic rings. The Morgan fingerprint density at radius 1 is 1.43 bits per heavy atom. The van der Waals surface area contributed by atoms with Crippen molar-refractivity contribution in [3.8, 4) is 6.07 Å². The Kier molecular flexibility index (Phi) is 3.35. The third-order valence-electron chi connectivity index (χ3n) is 3.80. The molecule has 1 saturated carbocycles. The molecule has 3 rings (SSSR count). The van der Waals surface area contributed by atoms with Gasteiger partial charge in [0.15, 0.2) is 6.10 Å². The quantitative estimate of drug-likeness (QED) is 0.897. The molecule has 1 aromatic rings. The molecule has 1 aliphatic carbocycles. The van der Waals surface area contributed by atoms with Crippen molar-refractivity contribution in [3.05, 3.63) is 35.4 Å². The number of hydrogen-bond donors (Lipinski definition) is 1. The summed E-state index contributed by atoms with van der Waals surface area (Å²) in [6.45, 7) is -0.206. The molecule has 108 valence electrons. The second-order valence-corrected chi connectivity index (χ2v) is 5.28. The number of carboxylic acids is 1. The van der Waals surface area contributed by atoms with Crippen LogP contribution in [0.2, 0.25) is 0 Å². The fourth-order valence-corrected chi connectivity index (χ4v) is 2.75. The van der Waals surface area contributed by atoms with Gasteiger partial charge in [-0.15, -0.1) is 0 Å². The van der Waals surface area contributed by atoms with E-state index in [9.17, 15) is 14.7 Å². The molecule has 2 atom stereocenters. The summed E-state index contributed by atoms with van der Waals surface area (Å²) in [4.78, 5) is 25.2. The zero-order chi connectivity index (χ0) is 15.0. The number of aliphatic carboxylic acids is 1. The average molecular weight is 286 g/mol. The van der Waals surface area contributed by atoms with Crippen molar-refractivity contribution < 1.29 is 19.4 Å². The molecule has 1 heterocycles. The highest BCUT2D eigenvalue weighted by atomic mass is 16.5. The molecular formula is C15H14N2O4. The highest BCUT2D eigenvalue weighted by Gasteiger charge is 2.47. The predicted octanol–water partition coefficient (Wildman–Crippen LogP) is 1.07. The first-order chi connectivity index (χ1) is 10.1. The number of ether oxygens (including phenoxy) is 1. The number of hydrogen-bond acceptors (Lipinski definition) is 4. The van der Waals surface area contributed by atoms with Crippen LogP contribution in [0.3, 0.4) is 0 Å². The van der Waals surface area contributed by atoms with Gasteiger partial charge in [-0.1, -0.05) is 12.1 Å². The van der Waals surface area contributed by atoms with Gasteiger partial charge in [0.05, 0.1) is 17.7 Å². The first kappa shape index (κ1) is 13.6. The normalized spacial score (nSPS) is 25.5. The molecule has 2 unspecified atom stereocenters. The highest BCUT2D eigenvalue weighted by Crippen LogP contribution is 2.39. The van der Waals surface area contributed by atoms with Crippen molar-refractivity contribution in [2.45, 2.75) is 31.0 Å². The van der Waals surface area contributed by atoms with Gasteiger partial charge in [0.1, 0.15) is 6.61 Å². The van der Waals surface area contributed by atoms with Crippen LogP contribution in [0.1, 0.15) is 30.0 Å². The molecule has 6 nitrogen and oxygen atoms in total. The van der Waals surface area contributed by atoms with Gasteiger partial charge in [-0.2, -0.15) is 5.26 Å². The van der Waals surface area contributed by atoms with E-state index in [1.807, 2.05) is 6.07 Å². The predicted molar refractivity (Wildman–Crippen MR) is 71.1 cm³/mol. The van der Waals surface area contributed by atoms with E-state index in [1.54, 1.807) is 29.2 Å². The van der Waals surface area contributed by atoms with Gasteiger partial charge in [0, 0.05) is 6.04 Å². The van der Waals surface area contributed by atoms with Crippen molar-refractivity contribution >= 4 is 11.9 Å². The van der Waals surface area contributed by atoms with Crippen molar-refractivity contribution in [1.29, 1.82) is 5.26 Å². The molecular weight excluding hydrogens is 272 g/mol. The van der Waals surface area contributed by atoms with Crippen LogP contribution < -0.4 is 0 Å². The zero-order valence-corrected chi connectivity index (χ0v) is 11.2. The van der Waals surface area contributed by atoms with Gasteiger partial charge in [0.25, 0.3) is 0 Å². The monoisotopic (exact) mass is 286 g/mol. The number of carbonyl (C=O) groups is 2. The Morgan fingerprint density at radius 2 is 2.19 bits per heavy atom. The van der Waals surface area contributed by atoms with E-state index in [2.05, 4.69) is 0 Å². The van der Waals surface area contributed by atoms with E-state index in [-0.39, 0.29) is 18.6 Å². The molecule has 2 fully saturated rings. The van der Waals surface area contributed by atoms with Crippen LogP contribution in [-0.2, 0) is 14.3 Å². The molecule has 0 spiro atoms. The van der Waals surface area contributed by atoms with Gasteiger partial charge >= 0.3 is 5.97 Å². The minimum atomic E-state index is -1.10. The lowest BCUT2D eigenvalue weighted by Crippen LogP contribution is -2.52. The Balaban J connectivity index is 2.04. The van der Waals surface area contributed by atoms with E-state index in [0.717, 1.165) is 12.8 Å².